The van der Waals surface area contributed by atoms with Crippen LogP contribution >= 0.6 is 38.9 Å². The average molecular weight is 323 g/mol. The molecule has 0 saturated carbocycles. The number of nitrogens with zero attached hydrogens (tertiary/aromatic N) is 1. The van der Waals surface area contributed by atoms with E-state index in [9.17, 15) is 4.39 Å². The van der Waals surface area contributed by atoms with Crippen molar-refractivity contribution < 1.29 is 9.50 Å². The van der Waals surface area contributed by atoms with Crippen molar-refractivity contribution in [1.82, 2.24) is 4.98 Å². The number of thiazole rings is 1. The third-order valence-electron chi connectivity index (χ3n) is 1.97. The Morgan fingerprint density at radius 2 is 2.25 bits per heavy atom. The van der Waals surface area contributed by atoms with E-state index in [0.29, 0.717) is 10.7 Å². The fraction of sp³-hybridized carbons (Fsp3) is 0.100. The molecule has 0 atom stereocenters. The second-order valence-corrected chi connectivity index (χ2v) is 5.75. The van der Waals surface area contributed by atoms with Crippen LogP contribution < -0.4 is 0 Å². The van der Waals surface area contributed by atoms with Crippen molar-refractivity contribution in [2.45, 2.75) is 6.61 Å². The first-order valence-electron chi connectivity index (χ1n) is 4.33. The highest BCUT2D eigenvalue weighted by atomic mass is 79.9. The van der Waals surface area contributed by atoms with Crippen LogP contribution in [0, 0.1) is 5.82 Å². The first kappa shape index (κ1) is 12.0. The van der Waals surface area contributed by atoms with Crippen LogP contribution in [0.25, 0.3) is 10.6 Å². The molecule has 1 aromatic carbocycles. The topological polar surface area (TPSA) is 33.1 Å². The van der Waals surface area contributed by atoms with E-state index >= 15 is 0 Å². The van der Waals surface area contributed by atoms with Crippen LogP contribution in [0.5, 0.6) is 0 Å². The summed E-state index contributed by atoms with van der Waals surface area (Å²) in [5, 5.41) is 9.76. The van der Waals surface area contributed by atoms with Gasteiger partial charge in [0.1, 0.15) is 10.8 Å². The average Bonchev–Trinajstić information content (AvgIpc) is 2.64. The Labute approximate surface area is 109 Å². The predicted octanol–water partition coefficient (Wildman–Crippen LogP) is 3.86. The van der Waals surface area contributed by atoms with Gasteiger partial charge in [-0.2, -0.15) is 0 Å². The first-order chi connectivity index (χ1) is 7.61. The van der Waals surface area contributed by atoms with Gasteiger partial charge < -0.3 is 5.11 Å². The first-order valence-corrected chi connectivity index (χ1v) is 6.32. The summed E-state index contributed by atoms with van der Waals surface area (Å²) >= 11 is 10.4. The summed E-state index contributed by atoms with van der Waals surface area (Å²) in [7, 11) is 0. The minimum absolute atomic E-state index is 0.0642. The molecule has 0 aliphatic heterocycles. The highest BCUT2D eigenvalue weighted by molar-refractivity contribution is 9.11. The SMILES string of the molecule is OCc1nc(-c2ccc(F)c(Cl)c2)sc1Br. The molecule has 1 N–H and O–H groups in total. The quantitative estimate of drug-likeness (QED) is 0.911. The van der Waals surface area contributed by atoms with Gasteiger partial charge in [0, 0.05) is 5.56 Å². The lowest BCUT2D eigenvalue weighted by atomic mass is 10.2. The van der Waals surface area contributed by atoms with Gasteiger partial charge in [-0.25, -0.2) is 9.37 Å². The maximum atomic E-state index is 13.0. The number of hydrogen-bond acceptors (Lipinski definition) is 3. The maximum Gasteiger partial charge on any atom is 0.141 e. The van der Waals surface area contributed by atoms with E-state index in [4.69, 9.17) is 16.7 Å². The van der Waals surface area contributed by atoms with E-state index < -0.39 is 5.82 Å². The molecule has 0 radical (unpaired) electrons. The molecule has 1 aromatic heterocycles. The van der Waals surface area contributed by atoms with Gasteiger partial charge in [0.05, 0.1) is 21.1 Å². The zero-order chi connectivity index (χ0) is 11.7. The summed E-state index contributed by atoms with van der Waals surface area (Å²) < 4.78 is 13.7. The monoisotopic (exact) mass is 321 g/mol. The van der Waals surface area contributed by atoms with Crippen molar-refractivity contribution in [3.05, 3.63) is 38.5 Å². The second-order valence-electron chi connectivity index (χ2n) is 3.03. The molecular formula is C10H6BrClFNOS. The third kappa shape index (κ3) is 2.27. The van der Waals surface area contributed by atoms with Gasteiger partial charge in [0.15, 0.2) is 0 Å². The standard InChI is InChI=1S/C10H6BrClFNOS/c11-9-8(4-15)14-10(16-9)5-1-2-7(13)6(12)3-5/h1-3,15H,4H2. The molecule has 2 nitrogen and oxygen atoms in total. The lowest BCUT2D eigenvalue weighted by Gasteiger charge is -1.97. The van der Waals surface area contributed by atoms with Crippen LogP contribution in [-0.2, 0) is 6.61 Å². The Balaban J connectivity index is 2.46. The van der Waals surface area contributed by atoms with Crippen LogP contribution in [0.3, 0.4) is 0 Å². The van der Waals surface area contributed by atoms with Gasteiger partial charge in [-0.05, 0) is 34.1 Å². The van der Waals surface area contributed by atoms with E-state index in [2.05, 4.69) is 20.9 Å². The van der Waals surface area contributed by atoms with Crippen LogP contribution in [-0.4, -0.2) is 10.1 Å². The number of halogens is 3. The molecular weight excluding hydrogens is 317 g/mol. The Morgan fingerprint density at radius 1 is 1.50 bits per heavy atom. The molecule has 0 fully saturated rings. The molecule has 2 aromatic rings. The van der Waals surface area contributed by atoms with Crippen LogP contribution in [0.15, 0.2) is 22.0 Å². The molecule has 0 unspecified atom stereocenters. The van der Waals surface area contributed by atoms with Gasteiger partial charge in [-0.15, -0.1) is 11.3 Å². The van der Waals surface area contributed by atoms with E-state index in [1.807, 2.05) is 0 Å². The smallest absolute Gasteiger partial charge is 0.141 e. The van der Waals surface area contributed by atoms with E-state index in [1.54, 1.807) is 6.07 Å². The summed E-state index contributed by atoms with van der Waals surface area (Å²) in [5.41, 5.74) is 1.30. The normalized spacial score (nSPS) is 10.8. The highest BCUT2D eigenvalue weighted by Crippen LogP contribution is 2.33. The highest BCUT2D eigenvalue weighted by Gasteiger charge is 2.11. The molecule has 0 spiro atoms. The summed E-state index contributed by atoms with van der Waals surface area (Å²) in [6.07, 6.45) is 0. The minimum Gasteiger partial charge on any atom is -0.390 e. The molecule has 0 aliphatic carbocycles. The van der Waals surface area contributed by atoms with Crippen molar-refractivity contribution in [3.63, 3.8) is 0 Å². The summed E-state index contributed by atoms with van der Waals surface area (Å²) in [6, 6.07) is 4.42. The Kier molecular flexibility index (Phi) is 3.59. The number of rotatable bonds is 2. The van der Waals surface area contributed by atoms with Crippen molar-refractivity contribution in [2.75, 3.05) is 0 Å². The van der Waals surface area contributed by atoms with Crippen molar-refractivity contribution in [1.29, 1.82) is 0 Å². The van der Waals surface area contributed by atoms with Crippen molar-refractivity contribution >= 4 is 38.9 Å². The predicted molar refractivity (Wildman–Crippen MR) is 66.1 cm³/mol. The summed E-state index contributed by atoms with van der Waals surface area (Å²) in [4.78, 5) is 4.21. The largest absolute Gasteiger partial charge is 0.390 e. The van der Waals surface area contributed by atoms with E-state index in [1.165, 1.54) is 23.5 Å². The minimum atomic E-state index is -0.455. The lowest BCUT2D eigenvalue weighted by molar-refractivity contribution is 0.277. The number of aliphatic hydroxyl groups excluding tert-OH is 1. The van der Waals surface area contributed by atoms with Gasteiger partial charge in [-0.3, -0.25) is 0 Å². The third-order valence-corrected chi connectivity index (χ3v) is 4.13. The number of aromatic nitrogens is 1. The molecule has 0 saturated heterocycles. The van der Waals surface area contributed by atoms with Gasteiger partial charge in [0.2, 0.25) is 0 Å². The number of benzene rings is 1. The fourth-order valence-electron chi connectivity index (χ4n) is 1.18. The molecule has 1 heterocycles. The zero-order valence-electron chi connectivity index (χ0n) is 7.88. The molecule has 84 valence electrons. The van der Waals surface area contributed by atoms with Crippen molar-refractivity contribution in [2.24, 2.45) is 0 Å². The Hall–Kier alpha value is -0.490. The second kappa shape index (κ2) is 4.79. The van der Waals surface area contributed by atoms with Crippen LogP contribution in [0.1, 0.15) is 5.69 Å². The van der Waals surface area contributed by atoms with E-state index in [0.717, 1.165) is 9.35 Å². The van der Waals surface area contributed by atoms with Crippen LogP contribution in [0.4, 0.5) is 4.39 Å². The summed E-state index contributed by atoms with van der Waals surface area (Å²) in [5.74, 6) is -0.455. The Bertz CT molecular complexity index is 532. The van der Waals surface area contributed by atoms with Gasteiger partial charge in [0.25, 0.3) is 0 Å². The lowest BCUT2D eigenvalue weighted by Crippen LogP contribution is -1.84. The number of aliphatic hydroxyl groups is 1. The zero-order valence-corrected chi connectivity index (χ0v) is 11.0. The van der Waals surface area contributed by atoms with Gasteiger partial charge >= 0.3 is 0 Å². The maximum absolute atomic E-state index is 13.0. The molecule has 0 aliphatic rings. The molecule has 16 heavy (non-hydrogen) atoms. The van der Waals surface area contributed by atoms with E-state index in [-0.39, 0.29) is 11.6 Å². The van der Waals surface area contributed by atoms with Gasteiger partial charge in [-0.1, -0.05) is 11.6 Å². The molecule has 2 rings (SSSR count). The molecule has 6 heteroatoms. The Morgan fingerprint density at radius 3 is 2.81 bits per heavy atom. The fourth-order valence-corrected chi connectivity index (χ4v) is 2.84. The molecule has 0 bridgehead atoms. The number of hydrogen-bond donors (Lipinski definition) is 1. The van der Waals surface area contributed by atoms with Crippen LogP contribution in [0.2, 0.25) is 5.02 Å². The summed E-state index contributed by atoms with van der Waals surface area (Å²) in [6.45, 7) is -0.133. The van der Waals surface area contributed by atoms with Crippen molar-refractivity contribution in [3.8, 4) is 10.6 Å². The molecule has 0 amide bonds.